The van der Waals surface area contributed by atoms with E-state index in [-0.39, 0.29) is 0 Å². The first-order valence-electron chi connectivity index (χ1n) is 7.86. The van der Waals surface area contributed by atoms with Gasteiger partial charge in [-0.3, -0.25) is 0 Å². The summed E-state index contributed by atoms with van der Waals surface area (Å²) in [6.07, 6.45) is 1.78. The molecule has 0 aliphatic carbocycles. The lowest BCUT2D eigenvalue weighted by atomic mass is 10.1. The van der Waals surface area contributed by atoms with Gasteiger partial charge in [0.15, 0.2) is 0 Å². The molecule has 0 saturated heterocycles. The number of hydrogen-bond donors (Lipinski definition) is 1. The minimum atomic E-state index is 0.688. The number of aromatic nitrogens is 3. The molecule has 0 radical (unpaired) electrons. The van der Waals surface area contributed by atoms with Gasteiger partial charge in [0, 0.05) is 17.5 Å². The van der Waals surface area contributed by atoms with E-state index in [1.165, 1.54) is 0 Å². The van der Waals surface area contributed by atoms with Crippen LogP contribution in [0.4, 0.5) is 0 Å². The average molecular weight is 342 g/mol. The van der Waals surface area contributed by atoms with Crippen LogP contribution in [0.5, 0.6) is 0 Å². The standard InChI is InChI=1S/C20H14N4S/c21-12-14-6-1-2-7-15(14)13-25-20-16(8-5-11-22-20)19-23-17-9-3-4-10-18(17)24-19/h1-11H,13H2,(H,23,24). The summed E-state index contributed by atoms with van der Waals surface area (Å²) in [5, 5.41) is 10.1. The van der Waals surface area contributed by atoms with Crippen LogP contribution in [0.25, 0.3) is 22.4 Å². The molecule has 0 fully saturated rings. The lowest BCUT2D eigenvalue weighted by Gasteiger charge is -2.07. The lowest BCUT2D eigenvalue weighted by molar-refractivity contribution is 1.12. The zero-order valence-electron chi connectivity index (χ0n) is 13.3. The second-order valence-corrected chi connectivity index (χ2v) is 6.48. The van der Waals surface area contributed by atoms with E-state index >= 15 is 0 Å². The maximum absolute atomic E-state index is 9.24. The molecule has 120 valence electrons. The van der Waals surface area contributed by atoms with Gasteiger partial charge in [0.1, 0.15) is 10.9 Å². The maximum Gasteiger partial charge on any atom is 0.141 e. The largest absolute Gasteiger partial charge is 0.338 e. The zero-order chi connectivity index (χ0) is 17.1. The van der Waals surface area contributed by atoms with Gasteiger partial charge in [-0.1, -0.05) is 30.3 Å². The molecule has 0 saturated carbocycles. The van der Waals surface area contributed by atoms with Crippen molar-refractivity contribution in [3.63, 3.8) is 0 Å². The number of H-pyrrole nitrogens is 1. The summed E-state index contributed by atoms with van der Waals surface area (Å²) in [5.74, 6) is 1.50. The molecule has 4 rings (SSSR count). The summed E-state index contributed by atoms with van der Waals surface area (Å²) in [6.45, 7) is 0. The lowest BCUT2D eigenvalue weighted by Crippen LogP contribution is -1.91. The minimum Gasteiger partial charge on any atom is -0.338 e. The molecular weight excluding hydrogens is 328 g/mol. The van der Waals surface area contributed by atoms with Gasteiger partial charge in [0.2, 0.25) is 0 Å². The van der Waals surface area contributed by atoms with Crippen LogP contribution < -0.4 is 0 Å². The Morgan fingerprint density at radius 3 is 2.72 bits per heavy atom. The number of para-hydroxylation sites is 2. The van der Waals surface area contributed by atoms with E-state index < -0.39 is 0 Å². The third kappa shape index (κ3) is 3.12. The van der Waals surface area contributed by atoms with E-state index in [1.807, 2.05) is 60.7 Å². The molecule has 0 spiro atoms. The number of imidazole rings is 1. The Balaban J connectivity index is 1.66. The fourth-order valence-corrected chi connectivity index (χ4v) is 3.67. The molecule has 5 heteroatoms. The van der Waals surface area contributed by atoms with Crippen molar-refractivity contribution >= 4 is 22.8 Å². The molecule has 25 heavy (non-hydrogen) atoms. The summed E-state index contributed by atoms with van der Waals surface area (Å²) >= 11 is 1.61. The maximum atomic E-state index is 9.24. The molecular formula is C20H14N4S. The summed E-state index contributed by atoms with van der Waals surface area (Å²) in [7, 11) is 0. The molecule has 1 N–H and O–H groups in total. The van der Waals surface area contributed by atoms with Crippen molar-refractivity contribution in [1.82, 2.24) is 15.0 Å². The van der Waals surface area contributed by atoms with Gasteiger partial charge in [0.05, 0.1) is 22.7 Å². The summed E-state index contributed by atoms with van der Waals surface area (Å²) in [4.78, 5) is 12.5. The molecule has 2 aromatic carbocycles. The van der Waals surface area contributed by atoms with Gasteiger partial charge in [0.25, 0.3) is 0 Å². The molecule has 4 nitrogen and oxygen atoms in total. The predicted molar refractivity (Wildman–Crippen MR) is 100 cm³/mol. The molecule has 4 aromatic rings. The van der Waals surface area contributed by atoms with E-state index in [4.69, 9.17) is 0 Å². The fourth-order valence-electron chi connectivity index (χ4n) is 2.67. The molecule has 2 aromatic heterocycles. The first-order chi connectivity index (χ1) is 12.3. The number of aromatic amines is 1. The molecule has 0 unspecified atom stereocenters. The van der Waals surface area contributed by atoms with E-state index in [2.05, 4.69) is 21.0 Å². The van der Waals surface area contributed by atoms with Crippen LogP contribution in [0.3, 0.4) is 0 Å². The van der Waals surface area contributed by atoms with Gasteiger partial charge in [-0.2, -0.15) is 5.26 Å². The van der Waals surface area contributed by atoms with Crippen molar-refractivity contribution in [2.75, 3.05) is 0 Å². The van der Waals surface area contributed by atoms with Crippen molar-refractivity contribution in [2.24, 2.45) is 0 Å². The van der Waals surface area contributed by atoms with Crippen molar-refractivity contribution in [3.05, 3.63) is 78.0 Å². The molecule has 0 atom stereocenters. The Bertz CT molecular complexity index is 1050. The Morgan fingerprint density at radius 2 is 1.84 bits per heavy atom. The van der Waals surface area contributed by atoms with E-state index in [0.29, 0.717) is 11.3 Å². The normalized spacial score (nSPS) is 10.7. The average Bonchev–Trinajstić information content (AvgIpc) is 3.11. The van der Waals surface area contributed by atoms with Crippen LogP contribution in [0.15, 0.2) is 71.9 Å². The minimum absolute atomic E-state index is 0.688. The topological polar surface area (TPSA) is 65.4 Å². The highest BCUT2D eigenvalue weighted by atomic mass is 32.2. The number of nitrogens with one attached hydrogen (secondary N) is 1. The number of nitrogens with zero attached hydrogens (tertiary/aromatic N) is 3. The van der Waals surface area contributed by atoms with Gasteiger partial charge < -0.3 is 4.98 Å². The fraction of sp³-hybridized carbons (Fsp3) is 0.0500. The Labute approximate surface area is 149 Å². The van der Waals surface area contributed by atoms with Crippen molar-refractivity contribution in [2.45, 2.75) is 10.8 Å². The van der Waals surface area contributed by atoms with Crippen molar-refractivity contribution in [1.29, 1.82) is 5.26 Å². The van der Waals surface area contributed by atoms with Gasteiger partial charge in [-0.25, -0.2) is 9.97 Å². The number of hydrogen-bond acceptors (Lipinski definition) is 4. The van der Waals surface area contributed by atoms with Crippen LogP contribution in [0, 0.1) is 11.3 Å². The zero-order valence-corrected chi connectivity index (χ0v) is 14.1. The number of rotatable bonds is 4. The van der Waals surface area contributed by atoms with Crippen LogP contribution in [0.1, 0.15) is 11.1 Å². The summed E-state index contributed by atoms with van der Waals surface area (Å²) in [6, 6.07) is 21.8. The van der Waals surface area contributed by atoms with Gasteiger partial charge >= 0.3 is 0 Å². The molecule has 2 heterocycles. The highest BCUT2D eigenvalue weighted by molar-refractivity contribution is 7.98. The van der Waals surface area contributed by atoms with Crippen molar-refractivity contribution in [3.8, 4) is 17.5 Å². The number of pyridine rings is 1. The Morgan fingerprint density at radius 1 is 1.00 bits per heavy atom. The third-order valence-electron chi connectivity index (χ3n) is 3.92. The van der Waals surface area contributed by atoms with Crippen LogP contribution in [-0.2, 0) is 5.75 Å². The number of thioether (sulfide) groups is 1. The molecule has 0 amide bonds. The first kappa shape index (κ1) is 15.4. The van der Waals surface area contributed by atoms with E-state index in [1.54, 1.807) is 18.0 Å². The number of fused-ring (bicyclic) bond motifs is 1. The van der Waals surface area contributed by atoms with Gasteiger partial charge in [-0.05, 0) is 35.9 Å². The smallest absolute Gasteiger partial charge is 0.141 e. The highest BCUT2D eigenvalue weighted by Gasteiger charge is 2.12. The van der Waals surface area contributed by atoms with Crippen LogP contribution >= 0.6 is 11.8 Å². The monoisotopic (exact) mass is 342 g/mol. The van der Waals surface area contributed by atoms with Gasteiger partial charge in [-0.15, -0.1) is 11.8 Å². The Kier molecular flexibility index (Phi) is 4.19. The molecule has 0 aliphatic rings. The summed E-state index contributed by atoms with van der Waals surface area (Å²) in [5.41, 5.74) is 4.63. The van der Waals surface area contributed by atoms with E-state index in [9.17, 15) is 5.26 Å². The first-order valence-corrected chi connectivity index (χ1v) is 8.84. The van der Waals surface area contributed by atoms with Crippen molar-refractivity contribution < 1.29 is 0 Å². The number of nitriles is 1. The van der Waals surface area contributed by atoms with E-state index in [0.717, 1.165) is 33.0 Å². The summed E-state index contributed by atoms with van der Waals surface area (Å²) < 4.78 is 0. The second-order valence-electron chi connectivity index (χ2n) is 5.52. The number of benzene rings is 2. The predicted octanol–water partition coefficient (Wildman–Crippen LogP) is 4.79. The van der Waals surface area contributed by atoms with Crippen LogP contribution in [-0.4, -0.2) is 15.0 Å². The second kappa shape index (κ2) is 6.80. The third-order valence-corrected chi connectivity index (χ3v) is 4.97. The highest BCUT2D eigenvalue weighted by Crippen LogP contribution is 2.31. The SMILES string of the molecule is N#Cc1ccccc1CSc1ncccc1-c1nc2ccccc2[nH]1. The quantitative estimate of drug-likeness (QED) is 0.542. The van der Waals surface area contributed by atoms with Crippen LogP contribution in [0.2, 0.25) is 0 Å². The Hall–Kier alpha value is -3.10. The molecule has 0 bridgehead atoms. The molecule has 0 aliphatic heterocycles.